The Balaban J connectivity index is 1.92. The molecule has 0 heterocycles. The molecule has 0 atom stereocenters. The van der Waals surface area contributed by atoms with Crippen LogP contribution in [0.25, 0.3) is 0 Å². The number of esters is 1. The molecule has 2 rings (SSSR count). The number of hydrogen-bond donors (Lipinski definition) is 1. The Morgan fingerprint density at radius 2 is 1.43 bits per heavy atom. The van der Waals surface area contributed by atoms with Crippen LogP contribution in [0.4, 0.5) is 5.69 Å². The van der Waals surface area contributed by atoms with Crippen molar-refractivity contribution in [2.75, 3.05) is 18.5 Å². The SMILES string of the molecule is CCCCCOC(=O)c1ccc(NC(=O)COc2c(Cl)c(Cl)c(Cl)c(Cl)c2Cl)cc1. The maximum absolute atomic E-state index is 12.2. The molecule has 0 saturated heterocycles. The Bertz CT molecular complexity index is 889. The Labute approximate surface area is 199 Å². The highest BCUT2D eigenvalue weighted by molar-refractivity contribution is 6.55. The van der Waals surface area contributed by atoms with Crippen molar-refractivity contribution in [3.8, 4) is 5.75 Å². The number of anilines is 1. The van der Waals surface area contributed by atoms with Gasteiger partial charge in [-0.1, -0.05) is 77.8 Å². The second-order valence-electron chi connectivity index (χ2n) is 6.16. The maximum Gasteiger partial charge on any atom is 0.338 e. The molecule has 1 N–H and O–H groups in total. The second kappa shape index (κ2) is 11.9. The molecule has 0 saturated carbocycles. The van der Waals surface area contributed by atoms with E-state index in [-0.39, 0.29) is 30.9 Å². The molecule has 10 heteroatoms. The summed E-state index contributed by atoms with van der Waals surface area (Å²) in [6, 6.07) is 6.28. The molecule has 0 radical (unpaired) electrons. The first-order chi connectivity index (χ1) is 14.3. The summed E-state index contributed by atoms with van der Waals surface area (Å²) in [7, 11) is 0. The van der Waals surface area contributed by atoms with Crippen LogP contribution in [-0.4, -0.2) is 25.1 Å². The van der Waals surface area contributed by atoms with Gasteiger partial charge >= 0.3 is 5.97 Å². The molecule has 2 aromatic rings. The van der Waals surface area contributed by atoms with Crippen molar-refractivity contribution >= 4 is 75.6 Å². The van der Waals surface area contributed by atoms with Gasteiger partial charge in [-0.25, -0.2) is 4.79 Å². The molecule has 0 aliphatic heterocycles. The van der Waals surface area contributed by atoms with E-state index in [0.717, 1.165) is 19.3 Å². The molecule has 0 aromatic heterocycles. The van der Waals surface area contributed by atoms with Crippen LogP contribution in [0, 0.1) is 0 Å². The van der Waals surface area contributed by atoms with Gasteiger partial charge in [0.05, 0.1) is 27.2 Å². The third kappa shape index (κ3) is 6.56. The lowest BCUT2D eigenvalue weighted by Crippen LogP contribution is -2.20. The fourth-order valence-electron chi connectivity index (χ4n) is 2.34. The van der Waals surface area contributed by atoms with E-state index >= 15 is 0 Å². The zero-order chi connectivity index (χ0) is 22.3. The number of unbranched alkanes of at least 4 members (excludes halogenated alkanes) is 2. The number of ether oxygens (including phenoxy) is 2. The molecule has 2 aromatic carbocycles. The number of carbonyl (C=O) groups is 2. The molecule has 1 amide bonds. The summed E-state index contributed by atoms with van der Waals surface area (Å²) in [5.74, 6) is -0.943. The summed E-state index contributed by atoms with van der Waals surface area (Å²) in [5, 5.41) is 2.46. The van der Waals surface area contributed by atoms with E-state index < -0.39 is 18.5 Å². The van der Waals surface area contributed by atoms with Crippen molar-refractivity contribution in [2.24, 2.45) is 0 Å². The van der Waals surface area contributed by atoms with Crippen molar-refractivity contribution in [1.82, 2.24) is 0 Å². The van der Waals surface area contributed by atoms with Crippen LogP contribution in [0.15, 0.2) is 24.3 Å². The number of benzene rings is 2. The minimum absolute atomic E-state index is 0.00545. The number of hydrogen-bond acceptors (Lipinski definition) is 4. The Morgan fingerprint density at radius 1 is 0.867 bits per heavy atom. The van der Waals surface area contributed by atoms with Gasteiger partial charge in [0.15, 0.2) is 12.4 Å². The van der Waals surface area contributed by atoms with Crippen LogP contribution in [0.3, 0.4) is 0 Å². The summed E-state index contributed by atoms with van der Waals surface area (Å²) in [5.41, 5.74) is 0.861. The number of amides is 1. The van der Waals surface area contributed by atoms with E-state index in [1.165, 1.54) is 0 Å². The molecule has 162 valence electrons. The van der Waals surface area contributed by atoms with Crippen LogP contribution in [-0.2, 0) is 9.53 Å². The molecule has 5 nitrogen and oxygen atoms in total. The summed E-state index contributed by atoms with van der Waals surface area (Å²) < 4.78 is 10.6. The van der Waals surface area contributed by atoms with Gasteiger partial charge in [-0.15, -0.1) is 0 Å². The number of nitrogens with one attached hydrogen (secondary N) is 1. The molecule has 0 aliphatic rings. The molecule has 0 aliphatic carbocycles. The van der Waals surface area contributed by atoms with Gasteiger partial charge in [-0.2, -0.15) is 0 Å². The highest BCUT2D eigenvalue weighted by Gasteiger charge is 2.21. The average molecular weight is 514 g/mol. The first kappa shape index (κ1) is 24.9. The molecule has 0 unspecified atom stereocenters. The van der Waals surface area contributed by atoms with Crippen LogP contribution in [0.2, 0.25) is 25.1 Å². The first-order valence-electron chi connectivity index (χ1n) is 8.97. The fourth-order valence-corrected chi connectivity index (χ4v) is 3.57. The highest BCUT2D eigenvalue weighted by atomic mass is 35.5. The lowest BCUT2D eigenvalue weighted by molar-refractivity contribution is -0.118. The predicted octanol–water partition coefficient (Wildman–Crippen LogP) is 7.32. The summed E-state index contributed by atoms with van der Waals surface area (Å²) in [6.07, 6.45) is 2.88. The zero-order valence-corrected chi connectivity index (χ0v) is 19.6. The van der Waals surface area contributed by atoms with Crippen molar-refractivity contribution in [2.45, 2.75) is 26.2 Å². The largest absolute Gasteiger partial charge is 0.481 e. The van der Waals surface area contributed by atoms with E-state index in [9.17, 15) is 9.59 Å². The van der Waals surface area contributed by atoms with Crippen LogP contribution in [0.1, 0.15) is 36.5 Å². The second-order valence-corrected chi connectivity index (χ2v) is 8.05. The van der Waals surface area contributed by atoms with Crippen LogP contribution in [0.5, 0.6) is 5.75 Å². The van der Waals surface area contributed by atoms with Crippen molar-refractivity contribution in [3.63, 3.8) is 0 Å². The standard InChI is InChI=1S/C20H18Cl5NO4/c1-2-3-4-9-29-20(28)11-5-7-12(8-6-11)26-13(27)10-30-19-17(24)15(22)14(21)16(23)18(19)25/h5-8H,2-4,9-10H2,1H3,(H,26,27). The smallest absolute Gasteiger partial charge is 0.338 e. The minimum Gasteiger partial charge on any atom is -0.481 e. The van der Waals surface area contributed by atoms with Gasteiger partial charge in [0.2, 0.25) is 0 Å². The normalized spacial score (nSPS) is 10.6. The van der Waals surface area contributed by atoms with E-state index in [4.69, 9.17) is 67.5 Å². The van der Waals surface area contributed by atoms with Gasteiger partial charge in [0.25, 0.3) is 5.91 Å². The van der Waals surface area contributed by atoms with Crippen LogP contribution >= 0.6 is 58.0 Å². The third-order valence-corrected chi connectivity index (χ3v) is 6.14. The van der Waals surface area contributed by atoms with Gasteiger partial charge in [-0.05, 0) is 30.7 Å². The quantitative estimate of drug-likeness (QED) is 0.165. The Kier molecular flexibility index (Phi) is 9.85. The van der Waals surface area contributed by atoms with E-state index in [0.29, 0.717) is 17.9 Å². The highest BCUT2D eigenvalue weighted by Crippen LogP contribution is 2.48. The van der Waals surface area contributed by atoms with E-state index in [2.05, 4.69) is 12.2 Å². The lowest BCUT2D eigenvalue weighted by atomic mass is 10.2. The third-order valence-electron chi connectivity index (χ3n) is 3.90. The molecule has 0 fully saturated rings. The number of halogens is 5. The van der Waals surface area contributed by atoms with Crippen molar-refractivity contribution in [1.29, 1.82) is 0 Å². The van der Waals surface area contributed by atoms with Crippen LogP contribution < -0.4 is 10.1 Å². The molecule has 30 heavy (non-hydrogen) atoms. The molecule has 0 bridgehead atoms. The van der Waals surface area contributed by atoms with Gasteiger partial charge in [-0.3, -0.25) is 4.79 Å². The monoisotopic (exact) mass is 511 g/mol. The summed E-state index contributed by atoms with van der Waals surface area (Å²) >= 11 is 30.0. The van der Waals surface area contributed by atoms with Gasteiger partial charge in [0.1, 0.15) is 10.0 Å². The zero-order valence-electron chi connectivity index (χ0n) is 15.9. The predicted molar refractivity (Wildman–Crippen MR) is 122 cm³/mol. The Morgan fingerprint density at radius 3 is 2.00 bits per heavy atom. The van der Waals surface area contributed by atoms with E-state index in [1.807, 2.05) is 0 Å². The lowest BCUT2D eigenvalue weighted by Gasteiger charge is -2.13. The fraction of sp³-hybridized carbons (Fsp3) is 0.300. The van der Waals surface area contributed by atoms with E-state index in [1.54, 1.807) is 24.3 Å². The molecule has 0 spiro atoms. The maximum atomic E-state index is 12.2. The summed E-state index contributed by atoms with van der Waals surface area (Å²) in [6.45, 7) is 2.05. The number of rotatable bonds is 9. The van der Waals surface area contributed by atoms with Gasteiger partial charge < -0.3 is 14.8 Å². The first-order valence-corrected chi connectivity index (χ1v) is 10.9. The minimum atomic E-state index is -0.487. The topological polar surface area (TPSA) is 64.6 Å². The Hall–Kier alpha value is -1.37. The van der Waals surface area contributed by atoms with Gasteiger partial charge in [0, 0.05) is 5.69 Å². The number of carbonyl (C=O) groups excluding carboxylic acids is 2. The van der Waals surface area contributed by atoms with Crippen molar-refractivity contribution in [3.05, 3.63) is 54.9 Å². The van der Waals surface area contributed by atoms with Crippen molar-refractivity contribution < 1.29 is 19.1 Å². The summed E-state index contributed by atoms with van der Waals surface area (Å²) in [4.78, 5) is 24.1. The molecular weight excluding hydrogens is 495 g/mol. The average Bonchev–Trinajstić information content (AvgIpc) is 2.74. The molecular formula is C20H18Cl5NO4.